The lowest BCUT2D eigenvalue weighted by molar-refractivity contribution is 0.0954. The highest BCUT2D eigenvalue weighted by Gasteiger charge is 2.32. The monoisotopic (exact) mass is 382 g/mol. The number of ether oxygens (including phenoxy) is 1. The Labute approximate surface area is 162 Å². The van der Waals surface area contributed by atoms with E-state index in [1.807, 2.05) is 44.2 Å². The molecule has 0 aliphatic carbocycles. The normalized spacial score (nSPS) is 16.0. The fourth-order valence-corrected chi connectivity index (χ4v) is 3.43. The van der Waals surface area contributed by atoms with E-state index in [1.54, 1.807) is 28.0 Å². The molecule has 1 amide bonds. The summed E-state index contributed by atoms with van der Waals surface area (Å²) < 4.78 is 7.65. The predicted molar refractivity (Wildman–Crippen MR) is 104 cm³/mol. The summed E-state index contributed by atoms with van der Waals surface area (Å²) in [6.45, 7) is 4.36. The van der Waals surface area contributed by atoms with Crippen molar-refractivity contribution in [2.45, 2.75) is 26.4 Å². The molecule has 1 atom stereocenters. The van der Waals surface area contributed by atoms with Gasteiger partial charge >= 0.3 is 0 Å². The van der Waals surface area contributed by atoms with Crippen molar-refractivity contribution in [1.82, 2.24) is 14.8 Å². The molecule has 4 rings (SSSR count). The molecule has 0 radical (unpaired) electrons. The Hall–Kier alpha value is -2.86. The molecule has 1 aliphatic rings. The molecule has 138 valence electrons. The van der Waals surface area contributed by atoms with Crippen LogP contribution in [-0.2, 0) is 0 Å². The first-order chi connectivity index (χ1) is 13.1. The number of anilines is 1. The van der Waals surface area contributed by atoms with Gasteiger partial charge in [-0.2, -0.15) is 5.10 Å². The Morgan fingerprint density at radius 2 is 2.15 bits per heavy atom. The summed E-state index contributed by atoms with van der Waals surface area (Å²) in [6, 6.07) is 11.0. The number of hydrogen-bond donors (Lipinski definition) is 0. The van der Waals surface area contributed by atoms with E-state index in [9.17, 15) is 4.79 Å². The number of para-hydroxylation sites is 1. The maximum absolute atomic E-state index is 13.4. The highest BCUT2D eigenvalue weighted by Crippen LogP contribution is 2.40. The summed E-state index contributed by atoms with van der Waals surface area (Å²) in [7, 11) is 0. The minimum absolute atomic E-state index is 0.104. The zero-order valence-corrected chi connectivity index (χ0v) is 15.8. The zero-order chi connectivity index (χ0) is 19.0. The summed E-state index contributed by atoms with van der Waals surface area (Å²) >= 11 is 6.31. The molecule has 3 heterocycles. The Morgan fingerprint density at radius 3 is 2.89 bits per heavy atom. The van der Waals surface area contributed by atoms with Crippen molar-refractivity contribution >= 4 is 23.2 Å². The van der Waals surface area contributed by atoms with Crippen molar-refractivity contribution in [2.24, 2.45) is 0 Å². The number of halogens is 1. The van der Waals surface area contributed by atoms with Crippen LogP contribution in [0.3, 0.4) is 0 Å². The van der Waals surface area contributed by atoms with E-state index >= 15 is 0 Å². The second-order valence-electron chi connectivity index (χ2n) is 6.40. The van der Waals surface area contributed by atoms with Crippen LogP contribution in [0.25, 0.3) is 5.82 Å². The minimum Gasteiger partial charge on any atom is -0.485 e. The number of carbonyl (C=O) groups excluding carboxylic acids is 1. The summed E-state index contributed by atoms with van der Waals surface area (Å²) in [4.78, 5) is 19.4. The molecular formula is C20H19ClN4O2. The van der Waals surface area contributed by atoms with Crippen LogP contribution in [0.4, 0.5) is 5.69 Å². The third kappa shape index (κ3) is 3.06. The first kappa shape index (κ1) is 17.5. The largest absolute Gasteiger partial charge is 0.485 e. The summed E-state index contributed by atoms with van der Waals surface area (Å²) in [5, 5.41) is 4.87. The number of amides is 1. The smallest absolute Gasteiger partial charge is 0.261 e. The van der Waals surface area contributed by atoms with Crippen molar-refractivity contribution < 1.29 is 9.53 Å². The van der Waals surface area contributed by atoms with Crippen LogP contribution in [0.5, 0.6) is 5.75 Å². The fourth-order valence-electron chi connectivity index (χ4n) is 3.21. The van der Waals surface area contributed by atoms with Crippen molar-refractivity contribution in [2.75, 3.05) is 11.4 Å². The van der Waals surface area contributed by atoms with Crippen LogP contribution in [0.2, 0.25) is 5.02 Å². The van der Waals surface area contributed by atoms with E-state index in [-0.39, 0.29) is 12.0 Å². The number of benzene rings is 1. The average Bonchev–Trinajstić information content (AvgIpc) is 3.09. The molecule has 0 saturated carbocycles. The Bertz CT molecular complexity index is 987. The average molecular weight is 383 g/mol. The molecule has 6 nitrogen and oxygen atoms in total. The SMILES string of the molecule is CC[C@@H]1CN(C(=O)c2cnn(-c3ccccn3)c2C)c2cccc(Cl)c2O1. The molecule has 27 heavy (non-hydrogen) atoms. The number of aromatic nitrogens is 3. The van der Waals surface area contributed by atoms with Gasteiger partial charge in [-0.3, -0.25) is 4.79 Å². The number of pyridine rings is 1. The van der Waals surface area contributed by atoms with Gasteiger partial charge in [0.05, 0.1) is 34.7 Å². The Kier molecular flexibility index (Phi) is 4.58. The number of nitrogens with zero attached hydrogens (tertiary/aromatic N) is 4. The van der Waals surface area contributed by atoms with Crippen LogP contribution in [0, 0.1) is 6.92 Å². The number of hydrogen-bond acceptors (Lipinski definition) is 4. The van der Waals surface area contributed by atoms with Crippen LogP contribution in [-0.4, -0.2) is 33.3 Å². The van der Waals surface area contributed by atoms with E-state index < -0.39 is 0 Å². The van der Waals surface area contributed by atoms with Gasteiger partial charge in [-0.15, -0.1) is 0 Å². The fraction of sp³-hybridized carbons (Fsp3) is 0.250. The van der Waals surface area contributed by atoms with Gasteiger partial charge in [-0.1, -0.05) is 30.7 Å². The van der Waals surface area contributed by atoms with E-state index in [2.05, 4.69) is 10.1 Å². The van der Waals surface area contributed by atoms with E-state index in [0.717, 1.165) is 12.1 Å². The van der Waals surface area contributed by atoms with Gasteiger partial charge in [-0.25, -0.2) is 9.67 Å². The van der Waals surface area contributed by atoms with Crippen molar-refractivity contribution in [1.29, 1.82) is 0 Å². The first-order valence-corrected chi connectivity index (χ1v) is 9.21. The van der Waals surface area contributed by atoms with E-state index in [4.69, 9.17) is 16.3 Å². The molecule has 3 aromatic rings. The summed E-state index contributed by atoms with van der Waals surface area (Å²) in [6.07, 6.45) is 3.96. The topological polar surface area (TPSA) is 60.2 Å². The van der Waals surface area contributed by atoms with Gasteiger partial charge in [-0.05, 0) is 37.6 Å². The molecule has 0 bridgehead atoms. The van der Waals surface area contributed by atoms with Gasteiger partial charge in [0.1, 0.15) is 6.10 Å². The van der Waals surface area contributed by atoms with Gasteiger partial charge < -0.3 is 9.64 Å². The van der Waals surface area contributed by atoms with Crippen molar-refractivity contribution in [3.8, 4) is 11.6 Å². The number of rotatable bonds is 3. The maximum atomic E-state index is 13.4. The van der Waals surface area contributed by atoms with Crippen LogP contribution in [0.1, 0.15) is 29.4 Å². The molecule has 0 saturated heterocycles. The van der Waals surface area contributed by atoms with Crippen LogP contribution < -0.4 is 9.64 Å². The van der Waals surface area contributed by atoms with Crippen molar-refractivity contribution in [3.05, 3.63) is 65.1 Å². The van der Waals surface area contributed by atoms with Gasteiger partial charge in [0.15, 0.2) is 11.6 Å². The lowest BCUT2D eigenvalue weighted by Crippen LogP contribution is -2.43. The van der Waals surface area contributed by atoms with E-state index in [1.165, 1.54) is 0 Å². The number of carbonyl (C=O) groups is 1. The second kappa shape index (κ2) is 7.04. The second-order valence-corrected chi connectivity index (χ2v) is 6.80. The molecular weight excluding hydrogens is 364 g/mol. The highest BCUT2D eigenvalue weighted by atomic mass is 35.5. The minimum atomic E-state index is -0.125. The lowest BCUT2D eigenvalue weighted by Gasteiger charge is -2.35. The molecule has 2 aromatic heterocycles. The molecule has 0 unspecified atom stereocenters. The Morgan fingerprint density at radius 1 is 1.30 bits per heavy atom. The third-order valence-corrected chi connectivity index (χ3v) is 5.01. The molecule has 1 aliphatic heterocycles. The molecule has 7 heteroatoms. The first-order valence-electron chi connectivity index (χ1n) is 8.83. The number of fused-ring (bicyclic) bond motifs is 1. The molecule has 0 spiro atoms. The molecule has 0 fully saturated rings. The van der Waals surface area contributed by atoms with Gasteiger partial charge in [0.25, 0.3) is 5.91 Å². The standard InChI is InChI=1S/C20H19ClN4O2/c1-3-14-12-24(17-8-6-7-16(21)19(17)27-14)20(26)15-11-23-25(13(15)2)18-9-4-5-10-22-18/h4-11,14H,3,12H2,1-2H3/t14-/m1/s1. The maximum Gasteiger partial charge on any atom is 0.261 e. The molecule has 0 N–H and O–H groups in total. The van der Waals surface area contributed by atoms with E-state index in [0.29, 0.717) is 34.4 Å². The lowest BCUT2D eigenvalue weighted by atomic mass is 10.1. The van der Waals surface area contributed by atoms with Gasteiger partial charge in [0, 0.05) is 6.20 Å². The third-order valence-electron chi connectivity index (χ3n) is 4.71. The van der Waals surface area contributed by atoms with Crippen LogP contribution >= 0.6 is 11.6 Å². The van der Waals surface area contributed by atoms with Crippen LogP contribution in [0.15, 0.2) is 48.8 Å². The summed E-state index contributed by atoms with van der Waals surface area (Å²) in [5.74, 6) is 1.10. The van der Waals surface area contributed by atoms with Gasteiger partial charge in [0.2, 0.25) is 0 Å². The Balaban J connectivity index is 1.74. The van der Waals surface area contributed by atoms with Crippen molar-refractivity contribution in [3.63, 3.8) is 0 Å². The molecule has 1 aromatic carbocycles. The highest BCUT2D eigenvalue weighted by molar-refractivity contribution is 6.32. The quantitative estimate of drug-likeness (QED) is 0.685. The summed E-state index contributed by atoms with van der Waals surface area (Å²) in [5.41, 5.74) is 1.95. The zero-order valence-electron chi connectivity index (χ0n) is 15.1. The predicted octanol–water partition coefficient (Wildman–Crippen LogP) is 4.05.